The van der Waals surface area contributed by atoms with Gasteiger partial charge in [0.1, 0.15) is 11.4 Å². The van der Waals surface area contributed by atoms with Crippen molar-refractivity contribution in [3.05, 3.63) is 29.8 Å². The fourth-order valence-corrected chi connectivity index (χ4v) is 4.89. The van der Waals surface area contributed by atoms with Crippen molar-refractivity contribution in [2.45, 2.75) is 102 Å². The van der Waals surface area contributed by atoms with Crippen LogP contribution in [0.5, 0.6) is 5.75 Å². The average molecular weight is 491 g/mol. The third-order valence-electron chi connectivity index (χ3n) is 6.62. The number of carbonyl (C=O) groups excluding carboxylic acids is 1. The topological polar surface area (TPSA) is 106 Å². The van der Waals surface area contributed by atoms with Gasteiger partial charge in [0.15, 0.2) is 0 Å². The first-order chi connectivity index (χ1) is 16.7. The zero-order valence-electron chi connectivity index (χ0n) is 21.4. The van der Waals surface area contributed by atoms with Gasteiger partial charge in [-0.3, -0.25) is 4.79 Å². The summed E-state index contributed by atoms with van der Waals surface area (Å²) in [4.78, 5) is 23.0. The minimum Gasteiger partial charge on any atom is -0.493 e. The Morgan fingerprint density at radius 1 is 1.11 bits per heavy atom. The van der Waals surface area contributed by atoms with E-state index in [1.807, 2.05) is 39.0 Å². The first-order valence-corrected chi connectivity index (χ1v) is 13.0. The highest BCUT2D eigenvalue weighted by molar-refractivity contribution is 5.68. The van der Waals surface area contributed by atoms with Crippen molar-refractivity contribution in [1.82, 2.24) is 10.6 Å². The Kier molecular flexibility index (Phi) is 10.2. The Bertz CT molecular complexity index is 816. The normalized spacial score (nSPS) is 25.0. The van der Waals surface area contributed by atoms with Gasteiger partial charge in [-0.25, -0.2) is 4.79 Å². The summed E-state index contributed by atoms with van der Waals surface area (Å²) in [5.74, 6) is 0.486. The molecular weight excluding hydrogens is 448 g/mol. The van der Waals surface area contributed by atoms with E-state index in [9.17, 15) is 9.59 Å². The van der Waals surface area contributed by atoms with Crippen molar-refractivity contribution >= 4 is 12.1 Å². The van der Waals surface area contributed by atoms with Crippen LogP contribution in [0.25, 0.3) is 0 Å². The fourth-order valence-electron chi connectivity index (χ4n) is 4.89. The molecule has 2 fully saturated rings. The molecule has 0 spiro atoms. The highest BCUT2D eigenvalue weighted by Gasteiger charge is 2.30. The van der Waals surface area contributed by atoms with Crippen LogP contribution in [0.2, 0.25) is 0 Å². The Labute approximate surface area is 209 Å². The second-order valence-corrected chi connectivity index (χ2v) is 10.6. The number of piperidine rings is 1. The third-order valence-corrected chi connectivity index (χ3v) is 6.62. The molecule has 1 heterocycles. The van der Waals surface area contributed by atoms with Gasteiger partial charge < -0.3 is 30.0 Å². The number of rotatable bonds is 10. The van der Waals surface area contributed by atoms with Gasteiger partial charge in [-0.1, -0.05) is 18.2 Å². The van der Waals surface area contributed by atoms with Gasteiger partial charge >= 0.3 is 12.1 Å². The standard InChI is InChI=1S/C27H42N2O6/c1-27(2,3)35-26(32)29-22-9-6-16-28-23(22)18-34-20-14-12-19(13-15-20)21-8-4-5-10-24(21)33-17-7-11-25(30)31/h4-5,8,10,19-20,22-23,28H,6-7,9,11-18H2,1-3H3,(H,29,32)(H,30,31)/t19?,20?,22-,23-/m1/s1. The van der Waals surface area contributed by atoms with Crippen LogP contribution in [0, 0.1) is 0 Å². The Balaban J connectivity index is 1.45. The summed E-state index contributed by atoms with van der Waals surface area (Å²) in [5, 5.41) is 15.3. The molecule has 1 aromatic rings. The molecule has 0 unspecified atom stereocenters. The van der Waals surface area contributed by atoms with Crippen LogP contribution < -0.4 is 15.4 Å². The van der Waals surface area contributed by atoms with Crippen LogP contribution in [0.3, 0.4) is 0 Å². The Hall–Kier alpha value is -2.32. The smallest absolute Gasteiger partial charge is 0.407 e. The maximum atomic E-state index is 12.3. The maximum absolute atomic E-state index is 12.3. The maximum Gasteiger partial charge on any atom is 0.407 e. The molecule has 1 aromatic carbocycles. The number of nitrogens with one attached hydrogen (secondary N) is 2. The van der Waals surface area contributed by atoms with Crippen LogP contribution in [0.4, 0.5) is 4.79 Å². The lowest BCUT2D eigenvalue weighted by Gasteiger charge is -2.36. The van der Waals surface area contributed by atoms with E-state index >= 15 is 0 Å². The van der Waals surface area contributed by atoms with Crippen molar-refractivity contribution in [2.24, 2.45) is 0 Å². The molecule has 0 bridgehead atoms. The van der Waals surface area contributed by atoms with E-state index in [-0.39, 0.29) is 30.7 Å². The van der Waals surface area contributed by atoms with Crippen molar-refractivity contribution in [1.29, 1.82) is 0 Å². The zero-order valence-corrected chi connectivity index (χ0v) is 21.4. The second-order valence-electron chi connectivity index (χ2n) is 10.6. The number of hydrogen-bond donors (Lipinski definition) is 3. The van der Waals surface area contributed by atoms with Crippen molar-refractivity contribution < 1.29 is 28.9 Å². The van der Waals surface area contributed by atoms with Crippen LogP contribution in [-0.2, 0) is 14.3 Å². The monoisotopic (exact) mass is 490 g/mol. The summed E-state index contributed by atoms with van der Waals surface area (Å²) in [7, 11) is 0. The van der Waals surface area contributed by atoms with Crippen LogP contribution >= 0.6 is 0 Å². The summed E-state index contributed by atoms with van der Waals surface area (Å²) in [6.07, 6.45) is 6.40. The van der Waals surface area contributed by atoms with Gasteiger partial charge in [0.2, 0.25) is 0 Å². The highest BCUT2D eigenvalue weighted by Crippen LogP contribution is 2.38. The minimum absolute atomic E-state index is 0.0000849. The largest absolute Gasteiger partial charge is 0.493 e. The van der Waals surface area contributed by atoms with Crippen molar-refractivity contribution in [3.8, 4) is 5.75 Å². The van der Waals surface area contributed by atoms with Gasteiger partial charge in [-0.2, -0.15) is 0 Å². The predicted molar refractivity (Wildman–Crippen MR) is 134 cm³/mol. The molecule has 196 valence electrons. The SMILES string of the molecule is CC(C)(C)OC(=O)N[C@@H]1CCCN[C@@H]1COC1CCC(c2ccccc2OCCCC(=O)O)CC1. The molecule has 3 N–H and O–H groups in total. The number of alkyl carbamates (subject to hydrolysis) is 1. The number of benzene rings is 1. The van der Waals surface area contributed by atoms with E-state index in [0.29, 0.717) is 25.6 Å². The number of para-hydroxylation sites is 1. The van der Waals surface area contributed by atoms with Gasteiger partial charge in [0.05, 0.1) is 25.4 Å². The molecule has 1 aliphatic carbocycles. The first kappa shape index (κ1) is 27.3. The summed E-state index contributed by atoms with van der Waals surface area (Å²) in [6.45, 7) is 7.51. The van der Waals surface area contributed by atoms with E-state index < -0.39 is 11.6 Å². The molecule has 0 aromatic heterocycles. The minimum atomic E-state index is -0.796. The van der Waals surface area contributed by atoms with Crippen molar-refractivity contribution in [3.63, 3.8) is 0 Å². The molecule has 0 radical (unpaired) electrons. The third kappa shape index (κ3) is 9.33. The summed E-state index contributed by atoms with van der Waals surface area (Å²) < 4.78 is 17.7. The first-order valence-electron chi connectivity index (χ1n) is 13.0. The summed E-state index contributed by atoms with van der Waals surface area (Å²) in [5.41, 5.74) is 0.690. The molecule has 3 rings (SSSR count). The molecule has 2 aliphatic rings. The molecule has 8 nitrogen and oxygen atoms in total. The molecular formula is C27H42N2O6. The van der Waals surface area contributed by atoms with Crippen LogP contribution in [0.15, 0.2) is 24.3 Å². The number of ether oxygens (including phenoxy) is 3. The van der Waals surface area contributed by atoms with Gasteiger partial charge in [0.25, 0.3) is 0 Å². The summed E-state index contributed by atoms with van der Waals surface area (Å²) >= 11 is 0. The quantitative estimate of drug-likeness (QED) is 0.411. The lowest BCUT2D eigenvalue weighted by Crippen LogP contribution is -2.56. The zero-order chi connectivity index (χ0) is 25.3. The van der Waals surface area contributed by atoms with E-state index in [4.69, 9.17) is 19.3 Å². The van der Waals surface area contributed by atoms with Crippen LogP contribution in [0.1, 0.15) is 83.6 Å². The predicted octanol–water partition coefficient (Wildman–Crippen LogP) is 4.62. The van der Waals surface area contributed by atoms with E-state index in [1.54, 1.807) is 0 Å². The van der Waals surface area contributed by atoms with Crippen molar-refractivity contribution in [2.75, 3.05) is 19.8 Å². The lowest BCUT2D eigenvalue weighted by atomic mass is 9.82. The number of carbonyl (C=O) groups is 2. The van der Waals surface area contributed by atoms with Gasteiger partial charge in [-0.05, 0) is 89.8 Å². The Morgan fingerprint density at radius 3 is 2.57 bits per heavy atom. The lowest BCUT2D eigenvalue weighted by molar-refractivity contribution is -0.137. The molecule has 2 atom stereocenters. The molecule has 8 heteroatoms. The van der Waals surface area contributed by atoms with Gasteiger partial charge in [0, 0.05) is 12.5 Å². The number of carboxylic acids is 1. The average Bonchev–Trinajstić information content (AvgIpc) is 2.80. The molecule has 1 saturated carbocycles. The van der Waals surface area contributed by atoms with E-state index in [2.05, 4.69) is 16.7 Å². The number of hydrogen-bond acceptors (Lipinski definition) is 6. The number of aliphatic carboxylic acids is 1. The molecule has 1 amide bonds. The highest BCUT2D eigenvalue weighted by atomic mass is 16.6. The van der Waals surface area contributed by atoms with E-state index in [1.165, 1.54) is 5.56 Å². The van der Waals surface area contributed by atoms with Crippen LogP contribution in [-0.4, -0.2) is 60.7 Å². The molecule has 35 heavy (non-hydrogen) atoms. The van der Waals surface area contributed by atoms with Gasteiger partial charge in [-0.15, -0.1) is 0 Å². The molecule has 1 saturated heterocycles. The fraction of sp³-hybridized carbons (Fsp3) is 0.704. The Morgan fingerprint density at radius 2 is 1.86 bits per heavy atom. The number of carboxylic acid groups (broad SMARTS) is 1. The molecule has 1 aliphatic heterocycles. The number of amides is 1. The second kappa shape index (κ2) is 13.1. The summed E-state index contributed by atoms with van der Waals surface area (Å²) in [6, 6.07) is 8.18. The van der Waals surface area contributed by atoms with E-state index in [0.717, 1.165) is 50.8 Å².